The highest BCUT2D eigenvalue weighted by atomic mass is 79.9. The molecule has 1 atom stereocenters. The van der Waals surface area contributed by atoms with Gasteiger partial charge >= 0.3 is 0 Å². The molecule has 2 rings (SSSR count). The van der Waals surface area contributed by atoms with Gasteiger partial charge in [0, 0.05) is 10.5 Å². The number of nitrogens with one attached hydrogen (secondary N) is 1. The molecule has 0 saturated heterocycles. The lowest BCUT2D eigenvalue weighted by Crippen LogP contribution is -2.20. The molecule has 5 heteroatoms. The highest BCUT2D eigenvalue weighted by Crippen LogP contribution is 2.30. The van der Waals surface area contributed by atoms with Gasteiger partial charge in [0.2, 0.25) is 0 Å². The molecule has 0 aliphatic carbocycles. The molecule has 0 aliphatic heterocycles. The zero-order valence-corrected chi connectivity index (χ0v) is 13.9. The Morgan fingerprint density at radius 2 is 1.90 bits per heavy atom. The topological polar surface area (TPSA) is 12.0 Å². The van der Waals surface area contributed by atoms with Crippen molar-refractivity contribution in [2.24, 2.45) is 0 Å². The SMILES string of the molecule is CNC(Cc1cccc(Br)c1)c1ccc(F)c(F)c1Br. The minimum atomic E-state index is -0.850. The normalized spacial score (nSPS) is 12.4. The highest BCUT2D eigenvalue weighted by Gasteiger charge is 2.18. The largest absolute Gasteiger partial charge is 0.313 e. The van der Waals surface area contributed by atoms with E-state index in [-0.39, 0.29) is 10.5 Å². The molecule has 1 N–H and O–H groups in total. The molecule has 0 fully saturated rings. The summed E-state index contributed by atoms with van der Waals surface area (Å²) in [6.45, 7) is 0. The molecule has 106 valence electrons. The molecule has 1 nitrogen and oxygen atoms in total. The van der Waals surface area contributed by atoms with Gasteiger partial charge in [0.05, 0.1) is 4.47 Å². The lowest BCUT2D eigenvalue weighted by Gasteiger charge is -2.19. The maximum Gasteiger partial charge on any atom is 0.173 e. The van der Waals surface area contributed by atoms with Crippen molar-refractivity contribution in [3.8, 4) is 0 Å². The van der Waals surface area contributed by atoms with Crippen molar-refractivity contribution in [2.75, 3.05) is 7.05 Å². The third kappa shape index (κ3) is 3.45. The predicted molar refractivity (Wildman–Crippen MR) is 83.7 cm³/mol. The summed E-state index contributed by atoms with van der Waals surface area (Å²) in [5, 5.41) is 3.14. The van der Waals surface area contributed by atoms with Crippen LogP contribution in [0.3, 0.4) is 0 Å². The zero-order valence-electron chi connectivity index (χ0n) is 10.8. The molecule has 0 amide bonds. The summed E-state index contributed by atoms with van der Waals surface area (Å²) < 4.78 is 28.0. The molecule has 0 heterocycles. The first-order valence-corrected chi connectivity index (χ1v) is 7.66. The minimum Gasteiger partial charge on any atom is -0.313 e. The van der Waals surface area contributed by atoms with Crippen LogP contribution in [0.1, 0.15) is 17.2 Å². The van der Waals surface area contributed by atoms with Crippen molar-refractivity contribution >= 4 is 31.9 Å². The van der Waals surface area contributed by atoms with Gasteiger partial charge in [0.25, 0.3) is 0 Å². The first-order valence-electron chi connectivity index (χ1n) is 6.08. The fraction of sp³-hybridized carbons (Fsp3) is 0.200. The Balaban J connectivity index is 2.31. The molecule has 0 radical (unpaired) electrons. The van der Waals surface area contributed by atoms with Crippen LogP contribution >= 0.6 is 31.9 Å². The molecule has 0 aromatic heterocycles. The van der Waals surface area contributed by atoms with E-state index in [1.54, 1.807) is 13.1 Å². The van der Waals surface area contributed by atoms with Crippen molar-refractivity contribution in [3.63, 3.8) is 0 Å². The van der Waals surface area contributed by atoms with E-state index in [1.165, 1.54) is 0 Å². The second-order valence-electron chi connectivity index (χ2n) is 4.44. The van der Waals surface area contributed by atoms with Gasteiger partial charge in [0.15, 0.2) is 11.6 Å². The Morgan fingerprint density at radius 3 is 2.55 bits per heavy atom. The van der Waals surface area contributed by atoms with Crippen LogP contribution in [0, 0.1) is 11.6 Å². The molecule has 0 spiro atoms. The van der Waals surface area contributed by atoms with Gasteiger partial charge in [-0.15, -0.1) is 0 Å². The molecule has 2 aromatic rings. The second-order valence-corrected chi connectivity index (χ2v) is 6.15. The van der Waals surface area contributed by atoms with Crippen LogP contribution in [0.25, 0.3) is 0 Å². The van der Waals surface area contributed by atoms with E-state index in [4.69, 9.17) is 0 Å². The smallest absolute Gasteiger partial charge is 0.173 e. The van der Waals surface area contributed by atoms with Crippen LogP contribution in [-0.4, -0.2) is 7.05 Å². The summed E-state index contributed by atoms with van der Waals surface area (Å²) in [7, 11) is 1.80. The number of hydrogen-bond acceptors (Lipinski definition) is 1. The van der Waals surface area contributed by atoms with Crippen LogP contribution in [0.4, 0.5) is 8.78 Å². The summed E-state index contributed by atoms with van der Waals surface area (Å²) in [6, 6.07) is 10.6. The van der Waals surface area contributed by atoms with Gasteiger partial charge in [-0.1, -0.05) is 34.1 Å². The van der Waals surface area contributed by atoms with Gasteiger partial charge in [0.1, 0.15) is 0 Å². The molecule has 1 unspecified atom stereocenters. The van der Waals surface area contributed by atoms with E-state index < -0.39 is 11.6 Å². The van der Waals surface area contributed by atoms with Crippen molar-refractivity contribution in [1.29, 1.82) is 0 Å². The van der Waals surface area contributed by atoms with E-state index in [0.717, 1.165) is 16.1 Å². The third-order valence-corrected chi connectivity index (χ3v) is 4.42. The highest BCUT2D eigenvalue weighted by molar-refractivity contribution is 9.10. The number of hydrogen-bond donors (Lipinski definition) is 1. The monoisotopic (exact) mass is 403 g/mol. The van der Waals surface area contributed by atoms with E-state index in [0.29, 0.717) is 12.0 Å². The average molecular weight is 405 g/mol. The van der Waals surface area contributed by atoms with Crippen LogP contribution < -0.4 is 5.32 Å². The van der Waals surface area contributed by atoms with E-state index in [1.807, 2.05) is 24.3 Å². The molecule has 20 heavy (non-hydrogen) atoms. The number of benzene rings is 2. The van der Waals surface area contributed by atoms with E-state index in [2.05, 4.69) is 37.2 Å². The van der Waals surface area contributed by atoms with Crippen LogP contribution in [0.15, 0.2) is 45.3 Å². The summed E-state index contributed by atoms with van der Waals surface area (Å²) >= 11 is 6.56. The summed E-state index contributed by atoms with van der Waals surface area (Å²) in [6.07, 6.45) is 0.680. The van der Waals surface area contributed by atoms with Crippen LogP contribution in [0.5, 0.6) is 0 Å². The molecule has 0 saturated carbocycles. The fourth-order valence-electron chi connectivity index (χ4n) is 2.08. The number of rotatable bonds is 4. The van der Waals surface area contributed by atoms with Crippen molar-refractivity contribution in [3.05, 3.63) is 68.1 Å². The number of likely N-dealkylation sites (N-methyl/N-ethyl adjacent to an activating group) is 1. The van der Waals surface area contributed by atoms with Gasteiger partial charge in [-0.2, -0.15) is 0 Å². The van der Waals surface area contributed by atoms with Crippen molar-refractivity contribution < 1.29 is 8.78 Å². The lowest BCUT2D eigenvalue weighted by molar-refractivity contribution is 0.495. The van der Waals surface area contributed by atoms with Gasteiger partial charge in [-0.3, -0.25) is 0 Å². The molecule has 0 aliphatic rings. The first-order chi connectivity index (χ1) is 9.52. The summed E-state index contributed by atoms with van der Waals surface area (Å²) in [5.74, 6) is -1.70. The van der Waals surface area contributed by atoms with Gasteiger partial charge in [-0.25, -0.2) is 8.78 Å². The maximum atomic E-state index is 13.6. The first kappa shape index (κ1) is 15.6. The predicted octanol–water partition coefficient (Wildman–Crippen LogP) is 4.99. The van der Waals surface area contributed by atoms with Crippen LogP contribution in [0.2, 0.25) is 0 Å². The van der Waals surface area contributed by atoms with E-state index >= 15 is 0 Å². The van der Waals surface area contributed by atoms with Gasteiger partial charge < -0.3 is 5.32 Å². The fourth-order valence-corrected chi connectivity index (χ4v) is 3.12. The Morgan fingerprint density at radius 1 is 1.15 bits per heavy atom. The van der Waals surface area contributed by atoms with Crippen molar-refractivity contribution in [1.82, 2.24) is 5.32 Å². The summed E-state index contributed by atoms with van der Waals surface area (Å²) in [5.41, 5.74) is 1.81. The Bertz CT molecular complexity index is 617. The Kier molecular flexibility index (Phi) is 5.29. The van der Waals surface area contributed by atoms with Gasteiger partial charge in [-0.05, 0) is 58.7 Å². The van der Waals surface area contributed by atoms with Crippen LogP contribution in [-0.2, 0) is 6.42 Å². The average Bonchev–Trinajstić information content (AvgIpc) is 2.43. The minimum absolute atomic E-state index is 0.103. The quantitative estimate of drug-likeness (QED) is 0.707. The standard InChI is InChI=1S/C15H13Br2F2N/c1-20-13(8-9-3-2-4-10(16)7-9)11-5-6-12(18)15(19)14(11)17/h2-7,13,20H,8H2,1H3. The Labute approximate surface area is 133 Å². The van der Waals surface area contributed by atoms with E-state index in [9.17, 15) is 8.78 Å². The number of halogens is 4. The molecule has 2 aromatic carbocycles. The zero-order chi connectivity index (χ0) is 14.7. The Hall–Kier alpha value is -0.780. The lowest BCUT2D eigenvalue weighted by atomic mass is 9.99. The maximum absolute atomic E-state index is 13.6. The summed E-state index contributed by atoms with van der Waals surface area (Å²) in [4.78, 5) is 0. The molecular weight excluding hydrogens is 392 g/mol. The van der Waals surface area contributed by atoms with Crippen molar-refractivity contribution in [2.45, 2.75) is 12.5 Å². The third-order valence-electron chi connectivity index (χ3n) is 3.12. The molecular formula is C15H13Br2F2N. The second kappa shape index (κ2) is 6.78. The molecule has 0 bridgehead atoms.